The van der Waals surface area contributed by atoms with E-state index < -0.39 is 5.97 Å². The number of thiocarbonyl (C=S) groups is 1. The van der Waals surface area contributed by atoms with Crippen molar-refractivity contribution in [2.24, 2.45) is 0 Å². The molecule has 0 aliphatic carbocycles. The van der Waals surface area contributed by atoms with E-state index in [0.29, 0.717) is 28.6 Å². The number of hydrogen-bond donors (Lipinski definition) is 0. The number of nitrogens with zero attached hydrogens (tertiary/aromatic N) is 1. The number of rotatable bonds is 6. The molecule has 1 aliphatic rings. The second-order valence-corrected chi connectivity index (χ2v) is 6.83. The van der Waals surface area contributed by atoms with E-state index in [1.165, 1.54) is 16.7 Å². The van der Waals surface area contributed by atoms with Crippen LogP contribution in [0.1, 0.15) is 24.1 Å². The minimum absolute atomic E-state index is 0.0137. The third kappa shape index (κ3) is 3.91. The highest BCUT2D eigenvalue weighted by molar-refractivity contribution is 8.26. The Labute approximate surface area is 130 Å². The molecule has 1 aliphatic heterocycles. The van der Waals surface area contributed by atoms with Gasteiger partial charge in [-0.05, 0) is 36.8 Å². The number of thiophene rings is 1. The van der Waals surface area contributed by atoms with Gasteiger partial charge in [-0.15, -0.1) is 11.3 Å². The quantitative estimate of drug-likeness (QED) is 0.454. The van der Waals surface area contributed by atoms with Crippen LogP contribution in [0.15, 0.2) is 22.4 Å². The van der Waals surface area contributed by atoms with Crippen LogP contribution in [0.4, 0.5) is 0 Å². The van der Waals surface area contributed by atoms with Crippen LogP contribution in [0.25, 0.3) is 6.08 Å². The molecule has 0 unspecified atom stereocenters. The van der Waals surface area contributed by atoms with Crippen molar-refractivity contribution < 1.29 is 14.7 Å². The number of carboxylic acid groups (broad SMARTS) is 1. The number of carbonyl (C=O) groups is 2. The third-order valence-electron chi connectivity index (χ3n) is 2.70. The first kappa shape index (κ1) is 15.2. The fourth-order valence-corrected chi connectivity index (χ4v) is 3.77. The number of carboxylic acids is 1. The maximum atomic E-state index is 12.2. The van der Waals surface area contributed by atoms with Crippen molar-refractivity contribution in [1.29, 1.82) is 0 Å². The molecule has 2 heterocycles. The zero-order chi connectivity index (χ0) is 14.5. The van der Waals surface area contributed by atoms with E-state index in [9.17, 15) is 14.7 Å². The standard InChI is InChI=1S/C13H13NO3S3/c15-11(16)5-1-2-6-14-12(17)10(20-13(14)18)8-9-4-3-7-19-9/h3-4,7-8H,1-2,5-6H2,(H,15,16)/p-1/b10-8+. The molecule has 4 nitrogen and oxygen atoms in total. The first-order valence-corrected chi connectivity index (χ1v) is 8.17. The largest absolute Gasteiger partial charge is 0.550 e. The molecule has 1 aromatic heterocycles. The van der Waals surface area contributed by atoms with Crippen LogP contribution in [-0.2, 0) is 9.59 Å². The second kappa shape index (κ2) is 7.01. The van der Waals surface area contributed by atoms with Crippen LogP contribution in [0.3, 0.4) is 0 Å². The predicted octanol–water partition coefficient (Wildman–Crippen LogP) is 1.87. The van der Waals surface area contributed by atoms with Gasteiger partial charge in [0, 0.05) is 17.4 Å². The summed E-state index contributed by atoms with van der Waals surface area (Å²) in [5.41, 5.74) is 0. The van der Waals surface area contributed by atoms with Crippen molar-refractivity contribution in [2.45, 2.75) is 19.3 Å². The molecule has 0 aromatic carbocycles. The fraction of sp³-hybridized carbons (Fsp3) is 0.308. The molecule has 1 fully saturated rings. The summed E-state index contributed by atoms with van der Waals surface area (Å²) < 4.78 is 0.534. The predicted molar refractivity (Wildman–Crippen MR) is 83.1 cm³/mol. The molecule has 7 heteroatoms. The highest BCUT2D eigenvalue weighted by atomic mass is 32.2. The van der Waals surface area contributed by atoms with Gasteiger partial charge in [0.25, 0.3) is 5.91 Å². The van der Waals surface area contributed by atoms with Crippen molar-refractivity contribution in [1.82, 2.24) is 4.90 Å². The first-order valence-electron chi connectivity index (χ1n) is 6.06. The molecule has 20 heavy (non-hydrogen) atoms. The SMILES string of the molecule is O=C([O-])CCCCN1C(=O)/C(=C\c2cccs2)SC1=S. The summed E-state index contributed by atoms with van der Waals surface area (Å²) in [5.74, 6) is -1.16. The molecule has 106 valence electrons. The van der Waals surface area contributed by atoms with Crippen molar-refractivity contribution in [3.8, 4) is 0 Å². The molecule has 2 rings (SSSR count). The summed E-state index contributed by atoms with van der Waals surface area (Å²) in [6.07, 6.45) is 2.95. The van der Waals surface area contributed by atoms with Gasteiger partial charge in [0.2, 0.25) is 0 Å². The Morgan fingerprint density at radius 2 is 2.25 bits per heavy atom. The van der Waals surface area contributed by atoms with Crippen molar-refractivity contribution in [2.75, 3.05) is 6.54 Å². The highest BCUT2D eigenvalue weighted by Gasteiger charge is 2.31. The average molecular weight is 326 g/mol. The molecular formula is C13H12NO3S3-. The molecule has 1 aromatic rings. The summed E-state index contributed by atoms with van der Waals surface area (Å²) in [4.78, 5) is 25.7. The molecule has 0 spiro atoms. The van der Waals surface area contributed by atoms with Gasteiger partial charge >= 0.3 is 0 Å². The normalized spacial score (nSPS) is 17.2. The number of thioether (sulfide) groups is 1. The van der Waals surface area contributed by atoms with Crippen LogP contribution in [-0.4, -0.2) is 27.6 Å². The summed E-state index contributed by atoms with van der Waals surface area (Å²) in [5, 5.41) is 12.3. The number of unbranched alkanes of at least 4 members (excludes halogenated alkanes) is 1. The Balaban J connectivity index is 1.93. The van der Waals surface area contributed by atoms with Gasteiger partial charge in [-0.2, -0.15) is 0 Å². The molecular weight excluding hydrogens is 314 g/mol. The van der Waals surface area contributed by atoms with Crippen molar-refractivity contribution in [3.63, 3.8) is 0 Å². The molecule has 0 atom stereocenters. The number of hydrogen-bond acceptors (Lipinski definition) is 6. The van der Waals surface area contributed by atoms with Gasteiger partial charge in [-0.1, -0.05) is 30.0 Å². The van der Waals surface area contributed by atoms with Gasteiger partial charge in [-0.3, -0.25) is 9.69 Å². The van der Waals surface area contributed by atoms with E-state index in [4.69, 9.17) is 12.2 Å². The smallest absolute Gasteiger partial charge is 0.266 e. The van der Waals surface area contributed by atoms with Gasteiger partial charge in [0.1, 0.15) is 4.32 Å². The van der Waals surface area contributed by atoms with Crippen LogP contribution in [0.5, 0.6) is 0 Å². The van der Waals surface area contributed by atoms with Crippen LogP contribution < -0.4 is 5.11 Å². The Morgan fingerprint density at radius 3 is 2.90 bits per heavy atom. The lowest BCUT2D eigenvalue weighted by molar-refractivity contribution is -0.305. The van der Waals surface area contributed by atoms with E-state index in [-0.39, 0.29) is 12.3 Å². The molecule has 0 N–H and O–H groups in total. The van der Waals surface area contributed by atoms with Gasteiger partial charge < -0.3 is 9.90 Å². The lowest BCUT2D eigenvalue weighted by Crippen LogP contribution is -2.29. The van der Waals surface area contributed by atoms with Crippen molar-refractivity contribution in [3.05, 3.63) is 27.3 Å². The first-order chi connectivity index (χ1) is 9.58. The maximum absolute atomic E-state index is 12.2. The fourth-order valence-electron chi connectivity index (χ4n) is 1.73. The Kier molecular flexibility index (Phi) is 5.33. The van der Waals surface area contributed by atoms with Crippen LogP contribution in [0, 0.1) is 0 Å². The third-order valence-corrected chi connectivity index (χ3v) is 4.90. The van der Waals surface area contributed by atoms with Gasteiger partial charge in [-0.25, -0.2) is 0 Å². The van der Waals surface area contributed by atoms with E-state index in [0.717, 1.165) is 4.88 Å². The lowest BCUT2D eigenvalue weighted by atomic mass is 10.2. The summed E-state index contributed by atoms with van der Waals surface area (Å²) in [7, 11) is 0. The second-order valence-electron chi connectivity index (χ2n) is 4.18. The topological polar surface area (TPSA) is 60.4 Å². The van der Waals surface area contributed by atoms with Crippen LogP contribution in [0.2, 0.25) is 0 Å². The minimum atomic E-state index is -1.06. The minimum Gasteiger partial charge on any atom is -0.550 e. The Bertz CT molecular complexity index is 551. The zero-order valence-electron chi connectivity index (χ0n) is 10.5. The van der Waals surface area contributed by atoms with E-state index in [1.807, 2.05) is 23.6 Å². The van der Waals surface area contributed by atoms with Crippen molar-refractivity contribution >= 4 is 57.6 Å². The molecule has 1 amide bonds. The molecule has 0 saturated carbocycles. The maximum Gasteiger partial charge on any atom is 0.266 e. The van der Waals surface area contributed by atoms with Gasteiger partial charge in [0.05, 0.1) is 4.91 Å². The lowest BCUT2D eigenvalue weighted by Gasteiger charge is -2.14. The molecule has 0 radical (unpaired) electrons. The van der Waals surface area contributed by atoms with E-state index in [2.05, 4.69) is 0 Å². The number of amides is 1. The zero-order valence-corrected chi connectivity index (χ0v) is 13.0. The summed E-state index contributed by atoms with van der Waals surface area (Å²) >= 11 is 8.05. The summed E-state index contributed by atoms with van der Waals surface area (Å²) in [6.45, 7) is 0.458. The average Bonchev–Trinajstić information content (AvgIpc) is 2.97. The number of carbonyl (C=O) groups excluding carboxylic acids is 2. The number of aliphatic carboxylic acids is 1. The van der Waals surface area contributed by atoms with E-state index in [1.54, 1.807) is 11.3 Å². The van der Waals surface area contributed by atoms with E-state index >= 15 is 0 Å². The highest BCUT2D eigenvalue weighted by Crippen LogP contribution is 2.33. The van der Waals surface area contributed by atoms with Gasteiger partial charge in [0.15, 0.2) is 0 Å². The van der Waals surface area contributed by atoms with Crippen LogP contribution >= 0.6 is 35.3 Å². The summed E-state index contributed by atoms with van der Waals surface area (Å²) in [6, 6.07) is 3.87. The molecule has 1 saturated heterocycles. The monoisotopic (exact) mass is 326 g/mol. The molecule has 0 bridgehead atoms. The Hall–Kier alpha value is -1.18. The Morgan fingerprint density at radius 1 is 1.45 bits per heavy atom.